The summed E-state index contributed by atoms with van der Waals surface area (Å²) in [5, 5.41) is 6.39. The molecule has 25 heavy (non-hydrogen) atoms. The smallest absolute Gasteiger partial charge is 0.265 e. The molecular weight excluding hydrogens is 340 g/mol. The number of hydrogen-bond acceptors (Lipinski definition) is 3. The van der Waals surface area contributed by atoms with E-state index in [-0.39, 0.29) is 23.7 Å². The molecule has 1 aliphatic heterocycles. The van der Waals surface area contributed by atoms with Crippen LogP contribution in [0.4, 0.5) is 11.4 Å². The number of carbonyl (C=O) groups excluding carboxylic acids is 2. The molecule has 1 fully saturated rings. The summed E-state index contributed by atoms with van der Waals surface area (Å²) >= 11 is 6.21. The maximum absolute atomic E-state index is 12.5. The van der Waals surface area contributed by atoms with Gasteiger partial charge in [0.1, 0.15) is 5.75 Å². The number of anilines is 2. The van der Waals surface area contributed by atoms with Crippen molar-refractivity contribution in [3.63, 3.8) is 0 Å². The van der Waals surface area contributed by atoms with Crippen molar-refractivity contribution in [2.75, 3.05) is 10.6 Å². The Morgan fingerprint density at radius 1 is 1.28 bits per heavy atom. The van der Waals surface area contributed by atoms with Gasteiger partial charge in [-0.15, -0.1) is 0 Å². The Morgan fingerprint density at radius 3 is 2.88 bits per heavy atom. The second-order valence-electron chi connectivity index (χ2n) is 6.42. The van der Waals surface area contributed by atoms with Gasteiger partial charge in [-0.3, -0.25) is 9.59 Å². The van der Waals surface area contributed by atoms with Gasteiger partial charge in [-0.1, -0.05) is 29.8 Å². The van der Waals surface area contributed by atoms with E-state index in [0.29, 0.717) is 22.1 Å². The van der Waals surface area contributed by atoms with Gasteiger partial charge in [0, 0.05) is 16.6 Å². The molecule has 2 amide bonds. The summed E-state index contributed by atoms with van der Waals surface area (Å²) in [5.41, 5.74) is 2.22. The van der Waals surface area contributed by atoms with Crippen LogP contribution in [0.15, 0.2) is 42.5 Å². The first-order valence-corrected chi connectivity index (χ1v) is 8.57. The van der Waals surface area contributed by atoms with Gasteiger partial charge in [0.05, 0.1) is 5.69 Å². The molecule has 2 aromatic carbocycles. The molecule has 3 unspecified atom stereocenters. The molecule has 0 radical (unpaired) electrons. The number of benzene rings is 2. The van der Waals surface area contributed by atoms with Crippen LogP contribution in [-0.4, -0.2) is 17.9 Å². The van der Waals surface area contributed by atoms with Crippen molar-refractivity contribution in [3.8, 4) is 5.75 Å². The minimum Gasteiger partial charge on any atom is -0.479 e. The molecule has 1 saturated carbocycles. The average molecular weight is 357 g/mol. The van der Waals surface area contributed by atoms with Gasteiger partial charge in [0.2, 0.25) is 5.91 Å². The monoisotopic (exact) mass is 356 g/mol. The number of nitrogens with one attached hydrogen (secondary N) is 2. The second kappa shape index (κ2) is 6.08. The molecule has 0 aromatic heterocycles. The molecule has 128 valence electrons. The van der Waals surface area contributed by atoms with Crippen LogP contribution in [0.5, 0.6) is 5.75 Å². The SMILES string of the molecule is CC1Oc2ccc(NC(=O)C3CC3c3ccccc3Cl)cc2NC1=O. The third-order valence-electron chi connectivity index (χ3n) is 4.61. The Balaban J connectivity index is 1.45. The van der Waals surface area contributed by atoms with Crippen LogP contribution in [0.1, 0.15) is 24.8 Å². The largest absolute Gasteiger partial charge is 0.479 e. The van der Waals surface area contributed by atoms with Crippen LogP contribution < -0.4 is 15.4 Å². The van der Waals surface area contributed by atoms with Crippen molar-refractivity contribution >= 4 is 34.8 Å². The third kappa shape index (κ3) is 3.07. The summed E-state index contributed by atoms with van der Waals surface area (Å²) in [5.74, 6) is 0.445. The fraction of sp³-hybridized carbons (Fsp3) is 0.263. The Labute approximate surface area is 150 Å². The third-order valence-corrected chi connectivity index (χ3v) is 4.95. The zero-order valence-corrected chi connectivity index (χ0v) is 14.3. The van der Waals surface area contributed by atoms with Crippen LogP contribution in [0.2, 0.25) is 5.02 Å². The number of carbonyl (C=O) groups is 2. The van der Waals surface area contributed by atoms with Crippen molar-refractivity contribution in [3.05, 3.63) is 53.1 Å². The summed E-state index contributed by atoms with van der Waals surface area (Å²) in [7, 11) is 0. The molecule has 2 aromatic rings. The van der Waals surface area contributed by atoms with Gasteiger partial charge in [-0.25, -0.2) is 0 Å². The van der Waals surface area contributed by atoms with Crippen LogP contribution in [0.25, 0.3) is 0 Å². The van der Waals surface area contributed by atoms with Gasteiger partial charge < -0.3 is 15.4 Å². The fourth-order valence-electron chi connectivity index (χ4n) is 3.13. The van der Waals surface area contributed by atoms with Crippen molar-refractivity contribution < 1.29 is 14.3 Å². The fourth-order valence-corrected chi connectivity index (χ4v) is 3.40. The Hall–Kier alpha value is -2.53. The van der Waals surface area contributed by atoms with Crippen LogP contribution in [-0.2, 0) is 9.59 Å². The summed E-state index contributed by atoms with van der Waals surface area (Å²) in [6, 6.07) is 12.9. The number of halogens is 1. The Kier molecular flexibility index (Phi) is 3.88. The van der Waals surface area contributed by atoms with E-state index in [1.807, 2.05) is 24.3 Å². The molecular formula is C19H17ClN2O3. The van der Waals surface area contributed by atoms with E-state index in [1.165, 1.54) is 0 Å². The highest BCUT2D eigenvalue weighted by Gasteiger charge is 2.44. The van der Waals surface area contributed by atoms with Crippen molar-refractivity contribution in [2.24, 2.45) is 5.92 Å². The Morgan fingerprint density at radius 2 is 2.08 bits per heavy atom. The quantitative estimate of drug-likeness (QED) is 0.879. The van der Waals surface area contributed by atoms with Crippen molar-refractivity contribution in [1.29, 1.82) is 0 Å². The predicted molar refractivity (Wildman–Crippen MR) is 96.1 cm³/mol. The van der Waals surface area contributed by atoms with Gasteiger partial charge in [0.25, 0.3) is 5.91 Å². The van der Waals surface area contributed by atoms with Crippen LogP contribution in [0.3, 0.4) is 0 Å². The lowest BCUT2D eigenvalue weighted by atomic mass is 10.1. The van der Waals surface area contributed by atoms with E-state index in [0.717, 1.165) is 12.0 Å². The first-order chi connectivity index (χ1) is 12.0. The molecule has 5 nitrogen and oxygen atoms in total. The van der Waals surface area contributed by atoms with E-state index in [9.17, 15) is 9.59 Å². The number of hydrogen-bond donors (Lipinski definition) is 2. The Bertz CT molecular complexity index is 867. The van der Waals surface area contributed by atoms with Crippen molar-refractivity contribution in [1.82, 2.24) is 0 Å². The molecule has 0 bridgehead atoms. The molecule has 4 rings (SSSR count). The molecule has 0 saturated heterocycles. The highest BCUT2D eigenvalue weighted by molar-refractivity contribution is 6.31. The highest BCUT2D eigenvalue weighted by Crippen LogP contribution is 2.50. The summed E-state index contributed by atoms with van der Waals surface area (Å²) in [4.78, 5) is 24.2. The molecule has 1 aliphatic carbocycles. The maximum atomic E-state index is 12.5. The highest BCUT2D eigenvalue weighted by atomic mass is 35.5. The topological polar surface area (TPSA) is 67.4 Å². The molecule has 1 heterocycles. The number of rotatable bonds is 3. The van der Waals surface area contributed by atoms with Crippen LogP contribution >= 0.6 is 11.6 Å². The summed E-state index contributed by atoms with van der Waals surface area (Å²) < 4.78 is 5.51. The van der Waals surface area contributed by atoms with E-state index < -0.39 is 6.10 Å². The lowest BCUT2D eigenvalue weighted by Gasteiger charge is -2.23. The first kappa shape index (κ1) is 16.0. The first-order valence-electron chi connectivity index (χ1n) is 8.20. The number of amides is 2. The average Bonchev–Trinajstić information content (AvgIpc) is 3.37. The van der Waals surface area contributed by atoms with E-state index in [1.54, 1.807) is 25.1 Å². The maximum Gasteiger partial charge on any atom is 0.265 e. The number of fused-ring (bicyclic) bond motifs is 1. The van der Waals surface area contributed by atoms with E-state index in [4.69, 9.17) is 16.3 Å². The van der Waals surface area contributed by atoms with E-state index in [2.05, 4.69) is 10.6 Å². The van der Waals surface area contributed by atoms with Gasteiger partial charge in [-0.05, 0) is 49.1 Å². The zero-order chi connectivity index (χ0) is 17.6. The van der Waals surface area contributed by atoms with Gasteiger partial charge in [-0.2, -0.15) is 0 Å². The van der Waals surface area contributed by atoms with E-state index >= 15 is 0 Å². The normalized spacial score (nSPS) is 23.9. The van der Waals surface area contributed by atoms with Crippen LogP contribution in [0, 0.1) is 5.92 Å². The van der Waals surface area contributed by atoms with Gasteiger partial charge >= 0.3 is 0 Å². The van der Waals surface area contributed by atoms with Gasteiger partial charge in [0.15, 0.2) is 6.10 Å². The summed E-state index contributed by atoms with van der Waals surface area (Å²) in [6.07, 6.45) is 0.272. The zero-order valence-electron chi connectivity index (χ0n) is 13.6. The predicted octanol–water partition coefficient (Wildman–Crippen LogP) is 3.80. The van der Waals surface area contributed by atoms with Crippen molar-refractivity contribution in [2.45, 2.75) is 25.4 Å². The number of ether oxygens (including phenoxy) is 1. The summed E-state index contributed by atoms with van der Waals surface area (Å²) in [6.45, 7) is 1.69. The molecule has 0 spiro atoms. The molecule has 2 aliphatic rings. The second-order valence-corrected chi connectivity index (χ2v) is 6.83. The molecule has 2 N–H and O–H groups in total. The minimum atomic E-state index is -0.518. The molecule has 6 heteroatoms. The lowest BCUT2D eigenvalue weighted by Crippen LogP contribution is -2.34. The molecule has 3 atom stereocenters. The minimum absolute atomic E-state index is 0.0405. The standard InChI is InChI=1S/C19H17ClN2O3/c1-10-18(23)22-16-8-11(6-7-17(16)25-10)21-19(24)14-9-13(14)12-4-2-3-5-15(12)20/h2-8,10,13-14H,9H2,1H3,(H,21,24)(H,22,23). The lowest BCUT2D eigenvalue weighted by molar-refractivity contribution is -0.122.